The van der Waals surface area contributed by atoms with Crippen molar-refractivity contribution in [2.45, 2.75) is 296 Å². The van der Waals surface area contributed by atoms with Gasteiger partial charge < -0.3 is 34.2 Å². The number of phosphoric ester groups is 2. The van der Waals surface area contributed by atoms with Crippen LogP contribution in [0.5, 0.6) is 0 Å². The SMILES string of the molecule is CC/C=C\C/C=C\C/C=C\C/C=C\CCCCCCC(=O)OCC(COP(=O)(O)OCC(O)COP(=O)(O)OCC(O)COC(=O)CCCCCCCCCCCCC/C=C\C/C=C\C/C=C\C/C=C\CCCCC)OC(=O)CCCCCC/C=C\C/C=C\C/C=C\C/C=C\CC. The van der Waals surface area contributed by atoms with Gasteiger partial charge in [-0.15, -0.1) is 0 Å². The maximum absolute atomic E-state index is 12.9. The third-order valence-corrected chi connectivity index (χ3v) is 16.9. The lowest BCUT2D eigenvalue weighted by Gasteiger charge is -2.21. The van der Waals surface area contributed by atoms with E-state index in [0.717, 1.165) is 148 Å². The number of rotatable bonds is 69. The lowest BCUT2D eigenvalue weighted by Crippen LogP contribution is -2.30. The third kappa shape index (κ3) is 72.5. The molecule has 18 heteroatoms. The zero-order chi connectivity index (χ0) is 70.9. The molecule has 0 aromatic carbocycles. The van der Waals surface area contributed by atoms with Gasteiger partial charge in [-0.2, -0.15) is 0 Å². The number of aliphatic hydroxyl groups is 2. The van der Waals surface area contributed by atoms with Gasteiger partial charge in [-0.1, -0.05) is 263 Å². The Bertz CT molecular complexity index is 2350. The van der Waals surface area contributed by atoms with Crippen LogP contribution in [0.15, 0.2) is 146 Å². The predicted molar refractivity (Wildman–Crippen MR) is 399 cm³/mol. The van der Waals surface area contributed by atoms with Crippen molar-refractivity contribution in [3.05, 3.63) is 146 Å². The maximum atomic E-state index is 12.9. The Morgan fingerprint density at radius 2 is 0.546 bits per heavy atom. The molecule has 0 bridgehead atoms. The number of unbranched alkanes of at least 4 members (excludes halogenated alkanes) is 22. The summed E-state index contributed by atoms with van der Waals surface area (Å²) in [5.74, 6) is -1.64. The second-order valence-corrected chi connectivity index (χ2v) is 27.2. The van der Waals surface area contributed by atoms with Gasteiger partial charge in [-0.3, -0.25) is 32.5 Å². The molecule has 0 aromatic rings. The fourth-order valence-corrected chi connectivity index (χ4v) is 11.0. The zero-order valence-electron chi connectivity index (χ0n) is 60.2. The van der Waals surface area contributed by atoms with Crippen LogP contribution < -0.4 is 0 Å². The number of hydrogen-bond acceptors (Lipinski definition) is 14. The van der Waals surface area contributed by atoms with Crippen molar-refractivity contribution in [2.24, 2.45) is 0 Å². The van der Waals surface area contributed by atoms with E-state index >= 15 is 0 Å². The van der Waals surface area contributed by atoms with Gasteiger partial charge >= 0.3 is 33.6 Å². The molecule has 0 spiro atoms. The number of carbonyl (C=O) groups is 3. The van der Waals surface area contributed by atoms with Crippen molar-refractivity contribution in [2.75, 3.05) is 39.6 Å². The lowest BCUT2D eigenvalue weighted by molar-refractivity contribution is -0.161. The first kappa shape index (κ1) is 92.4. The van der Waals surface area contributed by atoms with E-state index in [-0.39, 0.29) is 19.3 Å². The molecule has 0 aromatic heterocycles. The van der Waals surface area contributed by atoms with Crippen molar-refractivity contribution in [1.29, 1.82) is 0 Å². The Balaban J connectivity index is 4.61. The van der Waals surface area contributed by atoms with Crippen molar-refractivity contribution in [3.63, 3.8) is 0 Å². The molecule has 0 aliphatic heterocycles. The van der Waals surface area contributed by atoms with Crippen molar-refractivity contribution < 1.29 is 75.8 Å². The van der Waals surface area contributed by atoms with Gasteiger partial charge in [0.1, 0.15) is 25.4 Å². The highest BCUT2D eigenvalue weighted by molar-refractivity contribution is 7.47. The molecule has 0 heterocycles. The Morgan fingerprint density at radius 1 is 0.299 bits per heavy atom. The first-order valence-corrected chi connectivity index (χ1v) is 40.1. The number of esters is 3. The Labute approximate surface area is 587 Å². The number of aliphatic hydroxyl groups excluding tert-OH is 2. The molecule has 4 N–H and O–H groups in total. The van der Waals surface area contributed by atoms with Gasteiger partial charge in [0, 0.05) is 19.3 Å². The minimum absolute atomic E-state index is 0.0660. The number of hydrogen-bond donors (Lipinski definition) is 4. The molecule has 0 rings (SSSR count). The van der Waals surface area contributed by atoms with Crippen molar-refractivity contribution in [3.8, 4) is 0 Å². The summed E-state index contributed by atoms with van der Waals surface area (Å²) in [7, 11) is -9.81. The summed E-state index contributed by atoms with van der Waals surface area (Å²) in [5, 5.41) is 20.6. The number of ether oxygens (including phenoxy) is 3. The summed E-state index contributed by atoms with van der Waals surface area (Å²) in [6.07, 6.45) is 86.1. The summed E-state index contributed by atoms with van der Waals surface area (Å²) in [4.78, 5) is 58.5. The number of carbonyl (C=O) groups excluding carboxylic acids is 3. The Kier molecular flexibility index (Phi) is 67.9. The molecule has 16 nitrogen and oxygen atoms in total. The van der Waals surface area contributed by atoms with E-state index in [1.807, 2.05) is 0 Å². The molecule has 0 fully saturated rings. The van der Waals surface area contributed by atoms with E-state index in [4.69, 9.17) is 32.3 Å². The molecule has 0 saturated carbocycles. The van der Waals surface area contributed by atoms with Gasteiger partial charge in [0.25, 0.3) is 0 Å². The van der Waals surface area contributed by atoms with Crippen LogP contribution in [-0.2, 0) is 55.8 Å². The first-order valence-electron chi connectivity index (χ1n) is 37.1. The van der Waals surface area contributed by atoms with Crippen LogP contribution in [0.1, 0.15) is 278 Å². The van der Waals surface area contributed by atoms with E-state index in [2.05, 4.69) is 167 Å². The first-order chi connectivity index (χ1) is 47.2. The minimum atomic E-state index is -4.95. The largest absolute Gasteiger partial charge is 0.472 e. The number of allylic oxidation sites excluding steroid dienone is 24. The van der Waals surface area contributed by atoms with E-state index < -0.39 is 91.5 Å². The third-order valence-electron chi connectivity index (χ3n) is 15.0. The van der Waals surface area contributed by atoms with E-state index in [9.17, 15) is 43.5 Å². The highest BCUT2D eigenvalue weighted by atomic mass is 31.2. The second kappa shape index (κ2) is 71.3. The lowest BCUT2D eigenvalue weighted by atomic mass is 10.0. The van der Waals surface area contributed by atoms with E-state index in [1.165, 1.54) is 70.6 Å². The summed E-state index contributed by atoms with van der Waals surface area (Å²) in [6.45, 7) is 2.35. The van der Waals surface area contributed by atoms with Crippen molar-refractivity contribution in [1.82, 2.24) is 0 Å². The predicted octanol–water partition coefficient (Wildman–Crippen LogP) is 21.3. The quantitative estimate of drug-likeness (QED) is 0.0146. The molecule has 0 saturated heterocycles. The van der Waals surface area contributed by atoms with Crippen LogP contribution in [0.25, 0.3) is 0 Å². The van der Waals surface area contributed by atoms with E-state index in [1.54, 1.807) is 0 Å². The summed E-state index contributed by atoms with van der Waals surface area (Å²) >= 11 is 0. The fourth-order valence-electron chi connectivity index (χ4n) is 9.42. The minimum Gasteiger partial charge on any atom is -0.463 e. The average molecular weight is 1400 g/mol. The molecule has 0 aliphatic carbocycles. The fraction of sp³-hybridized carbons (Fsp3) is 0.658. The molecule has 97 heavy (non-hydrogen) atoms. The second-order valence-electron chi connectivity index (χ2n) is 24.3. The molecule has 5 unspecified atom stereocenters. The van der Waals surface area contributed by atoms with Crippen LogP contribution >= 0.6 is 15.6 Å². The zero-order valence-corrected chi connectivity index (χ0v) is 62.0. The average Bonchev–Trinajstić information content (AvgIpc) is 2.38. The van der Waals surface area contributed by atoms with Crippen LogP contribution in [-0.4, -0.2) is 95.9 Å². The van der Waals surface area contributed by atoms with Gasteiger partial charge in [0.15, 0.2) is 6.10 Å². The molecular weight excluding hydrogens is 1270 g/mol. The molecule has 554 valence electrons. The highest BCUT2D eigenvalue weighted by Gasteiger charge is 2.29. The van der Waals surface area contributed by atoms with Crippen LogP contribution in [0, 0.1) is 0 Å². The summed E-state index contributed by atoms with van der Waals surface area (Å²) < 4.78 is 61.0. The summed E-state index contributed by atoms with van der Waals surface area (Å²) in [6, 6.07) is 0. The Morgan fingerprint density at radius 3 is 0.866 bits per heavy atom. The highest BCUT2D eigenvalue weighted by Crippen LogP contribution is 2.45. The smallest absolute Gasteiger partial charge is 0.463 e. The normalized spacial score (nSPS) is 14.9. The molecular formula is C79H132O16P2. The molecule has 0 radical (unpaired) electrons. The molecule has 0 amide bonds. The maximum Gasteiger partial charge on any atom is 0.472 e. The standard InChI is InChI=1S/C79H132O16P2/c1-4-7-10-13-16-19-22-25-28-31-32-33-34-35-36-37-38-39-40-43-45-47-50-53-56-59-62-65-77(82)89-68-74(80)69-91-96(85,86)92-70-75(81)71-93-97(87,88)94-73-76(95-79(84)67-64-61-58-55-52-49-46-42-30-27-24-21-18-15-12-9-6-3)72-90-78(83)66-63-60-57-54-51-48-44-41-29-26-23-20-17-14-11-8-5-2/h8-9,11-12,16-21,25-30,32-33,35-36,44,46,48-49,74-76,80-81H,4-7,10,13-15,22-24,31,34,37-43,45,47,50-73H2,1-3H3,(H,85,86)(H,87,88)/b11-8-,12-9-,19-16-,20-17-,21-18-,28-25-,29-26-,30-27-,33-32-,36-35-,48-44-,49-46-. The Hall–Kier alpha value is -4.57. The summed E-state index contributed by atoms with van der Waals surface area (Å²) in [5.41, 5.74) is 0. The van der Waals surface area contributed by atoms with Gasteiger partial charge in [0.05, 0.1) is 26.4 Å². The van der Waals surface area contributed by atoms with Gasteiger partial charge in [-0.05, 0) is 141 Å². The van der Waals surface area contributed by atoms with Crippen LogP contribution in [0.2, 0.25) is 0 Å². The van der Waals surface area contributed by atoms with Crippen LogP contribution in [0.3, 0.4) is 0 Å². The van der Waals surface area contributed by atoms with Crippen LogP contribution in [0.4, 0.5) is 0 Å². The monoisotopic (exact) mass is 1400 g/mol. The van der Waals surface area contributed by atoms with Crippen molar-refractivity contribution >= 4 is 33.6 Å². The molecule has 5 atom stereocenters. The van der Waals surface area contributed by atoms with Gasteiger partial charge in [-0.25, -0.2) is 9.13 Å². The number of phosphoric acid groups is 2. The topological polar surface area (TPSA) is 231 Å². The van der Waals surface area contributed by atoms with E-state index in [0.29, 0.717) is 19.3 Å². The van der Waals surface area contributed by atoms with Gasteiger partial charge in [0.2, 0.25) is 0 Å². The molecule has 0 aliphatic rings.